The van der Waals surface area contributed by atoms with E-state index in [1.807, 2.05) is 6.07 Å². The summed E-state index contributed by atoms with van der Waals surface area (Å²) in [5.41, 5.74) is 1.58. The first kappa shape index (κ1) is 24.3. The van der Waals surface area contributed by atoms with Crippen LogP contribution < -0.4 is 14.4 Å². The van der Waals surface area contributed by atoms with Crippen LogP contribution in [0.2, 0.25) is 0 Å². The average Bonchev–Trinajstić information content (AvgIpc) is 2.84. The van der Waals surface area contributed by atoms with Gasteiger partial charge in [0.15, 0.2) is 0 Å². The summed E-state index contributed by atoms with van der Waals surface area (Å²) in [5.74, 6) is 0.460. The standard InChI is InChI=1S/C26H30N2O4S/c1-3-4-5-9-20-32-24-16-12-21(13-17-24)26(29)27-22-14-18-25(19-15-22)33(30,31)28(2)23-10-7-6-8-11-23/h6-8,10-19H,3-5,9,20H2,1-2H3,(H,27,29). The van der Waals surface area contributed by atoms with Crippen molar-refractivity contribution >= 4 is 27.3 Å². The molecule has 1 N–H and O–H groups in total. The second kappa shape index (κ2) is 11.5. The average molecular weight is 467 g/mol. The van der Waals surface area contributed by atoms with Crippen molar-refractivity contribution in [2.24, 2.45) is 0 Å². The highest BCUT2D eigenvalue weighted by Gasteiger charge is 2.21. The summed E-state index contributed by atoms with van der Waals surface area (Å²) in [7, 11) is -2.19. The normalized spacial score (nSPS) is 11.1. The van der Waals surface area contributed by atoms with Gasteiger partial charge in [0.2, 0.25) is 0 Å². The number of hydrogen-bond acceptors (Lipinski definition) is 4. The molecule has 0 saturated heterocycles. The fourth-order valence-electron chi connectivity index (χ4n) is 3.27. The SMILES string of the molecule is CCCCCCOc1ccc(C(=O)Nc2ccc(S(=O)(=O)N(C)c3ccccc3)cc2)cc1. The highest BCUT2D eigenvalue weighted by Crippen LogP contribution is 2.23. The number of anilines is 2. The van der Waals surface area contributed by atoms with Crippen LogP contribution >= 0.6 is 0 Å². The molecule has 3 rings (SSSR count). The first-order chi connectivity index (χ1) is 15.9. The van der Waals surface area contributed by atoms with Gasteiger partial charge in [0.1, 0.15) is 5.75 Å². The largest absolute Gasteiger partial charge is 0.494 e. The van der Waals surface area contributed by atoms with Crippen LogP contribution in [0.3, 0.4) is 0 Å². The van der Waals surface area contributed by atoms with E-state index in [0.29, 0.717) is 23.5 Å². The summed E-state index contributed by atoms with van der Waals surface area (Å²) in [4.78, 5) is 12.7. The quantitative estimate of drug-likeness (QED) is 0.367. The van der Waals surface area contributed by atoms with Gasteiger partial charge in [-0.3, -0.25) is 9.10 Å². The molecule has 33 heavy (non-hydrogen) atoms. The number of unbranched alkanes of at least 4 members (excludes halogenated alkanes) is 3. The lowest BCUT2D eigenvalue weighted by Gasteiger charge is -2.19. The van der Waals surface area contributed by atoms with Crippen molar-refractivity contribution in [2.75, 3.05) is 23.3 Å². The fourth-order valence-corrected chi connectivity index (χ4v) is 4.47. The van der Waals surface area contributed by atoms with Gasteiger partial charge in [-0.1, -0.05) is 44.4 Å². The van der Waals surface area contributed by atoms with Crippen molar-refractivity contribution in [3.8, 4) is 5.75 Å². The van der Waals surface area contributed by atoms with Gasteiger partial charge < -0.3 is 10.1 Å². The number of nitrogens with zero attached hydrogens (tertiary/aromatic N) is 1. The van der Waals surface area contributed by atoms with Crippen molar-refractivity contribution in [1.82, 2.24) is 0 Å². The second-order valence-corrected chi connectivity index (χ2v) is 9.69. The van der Waals surface area contributed by atoms with E-state index in [9.17, 15) is 13.2 Å². The molecule has 0 aliphatic rings. The molecular weight excluding hydrogens is 436 g/mol. The van der Waals surface area contributed by atoms with E-state index in [0.717, 1.165) is 18.6 Å². The number of benzene rings is 3. The number of hydrogen-bond donors (Lipinski definition) is 1. The third-order valence-electron chi connectivity index (χ3n) is 5.27. The van der Waals surface area contributed by atoms with Gasteiger partial charge in [0, 0.05) is 18.3 Å². The summed E-state index contributed by atoms with van der Waals surface area (Å²) in [5, 5.41) is 2.80. The minimum absolute atomic E-state index is 0.146. The Morgan fingerprint density at radius 3 is 2.18 bits per heavy atom. The predicted octanol–water partition coefficient (Wildman–Crippen LogP) is 5.72. The predicted molar refractivity (Wildman–Crippen MR) is 133 cm³/mol. The van der Waals surface area contributed by atoms with E-state index in [-0.39, 0.29) is 10.8 Å². The maximum Gasteiger partial charge on any atom is 0.264 e. The zero-order chi connectivity index (χ0) is 23.7. The van der Waals surface area contributed by atoms with Gasteiger partial charge in [-0.15, -0.1) is 0 Å². The molecule has 0 saturated carbocycles. The smallest absolute Gasteiger partial charge is 0.264 e. The summed E-state index contributed by atoms with van der Waals surface area (Å²) >= 11 is 0. The topological polar surface area (TPSA) is 75.7 Å². The van der Waals surface area contributed by atoms with Crippen LogP contribution in [0.5, 0.6) is 5.75 Å². The van der Waals surface area contributed by atoms with Crippen LogP contribution in [0.25, 0.3) is 0 Å². The van der Waals surface area contributed by atoms with Crippen LogP contribution in [0.4, 0.5) is 11.4 Å². The van der Waals surface area contributed by atoms with Gasteiger partial charge in [0.25, 0.3) is 15.9 Å². The fraction of sp³-hybridized carbons (Fsp3) is 0.269. The molecule has 0 aromatic heterocycles. The Balaban J connectivity index is 1.58. The molecule has 0 radical (unpaired) electrons. The molecule has 7 heteroatoms. The van der Waals surface area contributed by atoms with Gasteiger partial charge in [-0.05, 0) is 67.1 Å². The van der Waals surface area contributed by atoms with Gasteiger partial charge in [-0.2, -0.15) is 0 Å². The first-order valence-electron chi connectivity index (χ1n) is 11.1. The van der Waals surface area contributed by atoms with E-state index >= 15 is 0 Å². The number of ether oxygens (including phenoxy) is 1. The van der Waals surface area contributed by atoms with E-state index in [1.165, 1.54) is 36.3 Å². The molecule has 3 aromatic carbocycles. The second-order valence-electron chi connectivity index (χ2n) is 7.72. The first-order valence-corrected chi connectivity index (χ1v) is 12.5. The molecule has 0 atom stereocenters. The number of sulfonamides is 1. The Labute approximate surface area is 196 Å². The van der Waals surface area contributed by atoms with Gasteiger partial charge in [0.05, 0.1) is 17.2 Å². The number of nitrogens with one attached hydrogen (secondary N) is 1. The molecule has 0 bridgehead atoms. The summed E-state index contributed by atoms with van der Waals surface area (Å²) in [6.07, 6.45) is 4.56. The molecule has 0 aliphatic carbocycles. The van der Waals surface area contributed by atoms with Gasteiger partial charge >= 0.3 is 0 Å². The number of amides is 1. The van der Waals surface area contributed by atoms with Crippen LogP contribution in [0.15, 0.2) is 83.8 Å². The lowest BCUT2D eigenvalue weighted by molar-refractivity contribution is 0.102. The minimum atomic E-state index is -3.70. The Morgan fingerprint density at radius 2 is 1.55 bits per heavy atom. The maximum absolute atomic E-state index is 12.9. The van der Waals surface area contributed by atoms with E-state index in [1.54, 1.807) is 60.7 Å². The van der Waals surface area contributed by atoms with Crippen molar-refractivity contribution in [3.63, 3.8) is 0 Å². The van der Waals surface area contributed by atoms with Crippen LogP contribution in [-0.4, -0.2) is 28.0 Å². The molecule has 174 valence electrons. The summed E-state index contributed by atoms with van der Waals surface area (Å²) in [6, 6.07) is 22.0. The van der Waals surface area contributed by atoms with Crippen molar-refractivity contribution in [3.05, 3.63) is 84.4 Å². The van der Waals surface area contributed by atoms with E-state index in [2.05, 4.69) is 12.2 Å². The molecule has 3 aromatic rings. The molecule has 0 spiro atoms. The zero-order valence-corrected chi connectivity index (χ0v) is 19.8. The molecule has 1 amide bonds. The molecule has 6 nitrogen and oxygen atoms in total. The van der Waals surface area contributed by atoms with Crippen LogP contribution in [-0.2, 0) is 10.0 Å². The molecule has 0 aliphatic heterocycles. The Bertz CT molecular complexity index is 1130. The Hall–Kier alpha value is -3.32. The summed E-state index contributed by atoms with van der Waals surface area (Å²) in [6.45, 7) is 2.84. The molecular formula is C26H30N2O4S. The van der Waals surface area contributed by atoms with Crippen molar-refractivity contribution in [2.45, 2.75) is 37.5 Å². The van der Waals surface area contributed by atoms with E-state index < -0.39 is 10.0 Å². The number of carbonyl (C=O) groups excluding carboxylic acids is 1. The molecule has 0 fully saturated rings. The molecule has 0 unspecified atom stereocenters. The molecule has 0 heterocycles. The van der Waals surface area contributed by atoms with Crippen molar-refractivity contribution in [1.29, 1.82) is 0 Å². The minimum Gasteiger partial charge on any atom is -0.494 e. The van der Waals surface area contributed by atoms with E-state index in [4.69, 9.17) is 4.74 Å². The van der Waals surface area contributed by atoms with Crippen LogP contribution in [0, 0.1) is 0 Å². The highest BCUT2D eigenvalue weighted by atomic mass is 32.2. The van der Waals surface area contributed by atoms with Gasteiger partial charge in [-0.25, -0.2) is 8.42 Å². The third-order valence-corrected chi connectivity index (χ3v) is 7.07. The highest BCUT2D eigenvalue weighted by molar-refractivity contribution is 7.92. The lowest BCUT2D eigenvalue weighted by atomic mass is 10.2. The monoisotopic (exact) mass is 466 g/mol. The Kier molecular flexibility index (Phi) is 8.49. The number of rotatable bonds is 11. The maximum atomic E-state index is 12.9. The third kappa shape index (κ3) is 6.58. The number of para-hydroxylation sites is 1. The Morgan fingerprint density at radius 1 is 0.879 bits per heavy atom. The summed E-state index contributed by atoms with van der Waals surface area (Å²) < 4.78 is 32.7. The van der Waals surface area contributed by atoms with Crippen molar-refractivity contribution < 1.29 is 17.9 Å². The lowest BCUT2D eigenvalue weighted by Crippen LogP contribution is -2.26. The van der Waals surface area contributed by atoms with Crippen LogP contribution in [0.1, 0.15) is 43.0 Å². The number of carbonyl (C=O) groups is 1. The zero-order valence-electron chi connectivity index (χ0n) is 19.0.